The first-order valence-corrected chi connectivity index (χ1v) is 8.38. The van der Waals surface area contributed by atoms with E-state index >= 15 is 0 Å². The Bertz CT molecular complexity index is 1090. The highest BCUT2D eigenvalue weighted by Gasteiger charge is 2.20. The van der Waals surface area contributed by atoms with Gasteiger partial charge in [0.2, 0.25) is 0 Å². The lowest BCUT2D eigenvalue weighted by molar-refractivity contribution is 0.114. The molecule has 4 aromatic rings. The summed E-state index contributed by atoms with van der Waals surface area (Å²) < 4.78 is 20.7. The number of pyridine rings is 2. The van der Waals surface area contributed by atoms with Crippen molar-refractivity contribution in [1.82, 2.24) is 30.0 Å². The van der Waals surface area contributed by atoms with E-state index < -0.39 is 11.9 Å². The smallest absolute Gasteiger partial charge is 0.163 e. The van der Waals surface area contributed by atoms with Crippen molar-refractivity contribution < 1.29 is 14.2 Å². The van der Waals surface area contributed by atoms with Gasteiger partial charge in [-0.25, -0.2) is 8.91 Å². The highest BCUT2D eigenvalue weighted by Crippen LogP contribution is 2.34. The highest BCUT2D eigenvalue weighted by atomic mass is 35.5. The number of H-pyrrole nitrogens is 1. The van der Waals surface area contributed by atoms with Crippen LogP contribution in [0, 0.1) is 12.7 Å². The first-order chi connectivity index (χ1) is 13.1. The molecule has 0 aliphatic heterocycles. The molecule has 0 spiro atoms. The number of nitrogens with zero attached hydrogens (tertiary/aromatic N) is 5. The predicted octanol–water partition coefficient (Wildman–Crippen LogP) is 2.73. The minimum Gasteiger partial charge on any atom is -0.479 e. The van der Waals surface area contributed by atoms with E-state index in [2.05, 4.69) is 25.5 Å². The van der Waals surface area contributed by atoms with Crippen molar-refractivity contribution in [2.75, 3.05) is 6.61 Å². The van der Waals surface area contributed by atoms with Crippen molar-refractivity contribution in [3.63, 3.8) is 0 Å². The first kappa shape index (κ1) is 17.4. The number of ether oxygens (including phenoxy) is 1. The van der Waals surface area contributed by atoms with Crippen LogP contribution in [0.15, 0.2) is 36.8 Å². The molecule has 0 amide bonds. The van der Waals surface area contributed by atoms with E-state index in [0.29, 0.717) is 38.9 Å². The van der Waals surface area contributed by atoms with Crippen LogP contribution < -0.4 is 4.74 Å². The molecule has 0 saturated heterocycles. The monoisotopic (exact) mass is 388 g/mol. The minimum atomic E-state index is -0.811. The fourth-order valence-electron chi connectivity index (χ4n) is 2.75. The second-order valence-corrected chi connectivity index (χ2v) is 6.23. The lowest BCUT2D eigenvalue weighted by Crippen LogP contribution is -2.14. The molecule has 10 heteroatoms. The first-order valence-electron chi connectivity index (χ1n) is 8.00. The maximum absolute atomic E-state index is 13.1. The van der Waals surface area contributed by atoms with Crippen molar-refractivity contribution in [2.45, 2.75) is 13.0 Å². The van der Waals surface area contributed by atoms with Gasteiger partial charge < -0.3 is 9.84 Å². The molecule has 4 aromatic heterocycles. The van der Waals surface area contributed by atoms with Crippen LogP contribution in [0.4, 0.5) is 4.39 Å². The average Bonchev–Trinajstić information content (AvgIpc) is 3.26. The predicted molar refractivity (Wildman–Crippen MR) is 95.0 cm³/mol. The largest absolute Gasteiger partial charge is 0.479 e. The topological polar surface area (TPSA) is 101 Å². The SMILES string of the molecule is Cc1n[nH]nc1-c1cc(OC(CO)c2ccc(F)cn2)c2c(Cl)cnn2c1. The number of nitrogens with one attached hydrogen (secondary N) is 1. The zero-order valence-electron chi connectivity index (χ0n) is 14.1. The summed E-state index contributed by atoms with van der Waals surface area (Å²) in [6.07, 6.45) is 3.50. The summed E-state index contributed by atoms with van der Waals surface area (Å²) in [7, 11) is 0. The normalized spacial score (nSPS) is 12.4. The van der Waals surface area contributed by atoms with E-state index in [4.69, 9.17) is 16.3 Å². The van der Waals surface area contributed by atoms with Gasteiger partial charge in [-0.2, -0.15) is 20.5 Å². The molecule has 1 atom stereocenters. The maximum Gasteiger partial charge on any atom is 0.163 e. The average molecular weight is 389 g/mol. The van der Waals surface area contributed by atoms with Crippen LogP contribution in [0.3, 0.4) is 0 Å². The van der Waals surface area contributed by atoms with Gasteiger partial charge in [0.05, 0.1) is 35.4 Å². The van der Waals surface area contributed by atoms with Crippen molar-refractivity contribution in [2.24, 2.45) is 0 Å². The molecule has 0 aliphatic rings. The Morgan fingerprint density at radius 3 is 2.85 bits per heavy atom. The number of aryl methyl sites for hydroxylation is 1. The zero-order valence-corrected chi connectivity index (χ0v) is 14.9. The summed E-state index contributed by atoms with van der Waals surface area (Å²) >= 11 is 6.25. The number of aromatic amines is 1. The van der Waals surface area contributed by atoms with E-state index in [0.717, 1.165) is 6.20 Å². The number of halogens is 2. The van der Waals surface area contributed by atoms with Crippen LogP contribution in [0.2, 0.25) is 5.02 Å². The van der Waals surface area contributed by atoms with Crippen LogP contribution in [0.5, 0.6) is 5.75 Å². The number of aliphatic hydroxyl groups is 1. The lowest BCUT2D eigenvalue weighted by atomic mass is 10.1. The van der Waals surface area contributed by atoms with E-state index in [1.54, 1.807) is 16.8 Å². The Hall–Kier alpha value is -3.04. The summed E-state index contributed by atoms with van der Waals surface area (Å²) in [4.78, 5) is 3.98. The molecule has 1 unspecified atom stereocenters. The van der Waals surface area contributed by atoms with Crippen LogP contribution in [0.25, 0.3) is 16.8 Å². The van der Waals surface area contributed by atoms with Crippen LogP contribution >= 0.6 is 11.6 Å². The molecule has 0 aliphatic carbocycles. The molecule has 0 fully saturated rings. The van der Waals surface area contributed by atoms with Gasteiger partial charge in [0, 0.05) is 11.8 Å². The van der Waals surface area contributed by atoms with Gasteiger partial charge >= 0.3 is 0 Å². The van der Waals surface area contributed by atoms with Crippen molar-refractivity contribution in [1.29, 1.82) is 0 Å². The number of fused-ring (bicyclic) bond motifs is 1. The van der Waals surface area contributed by atoms with Gasteiger partial charge in [-0.15, -0.1) is 0 Å². The van der Waals surface area contributed by atoms with Crippen LogP contribution in [-0.4, -0.2) is 41.7 Å². The molecule has 2 N–H and O–H groups in total. The van der Waals surface area contributed by atoms with Gasteiger partial charge in [-0.1, -0.05) is 11.6 Å². The van der Waals surface area contributed by atoms with Gasteiger partial charge in [0.15, 0.2) is 6.10 Å². The molecule has 0 radical (unpaired) electrons. The van der Waals surface area contributed by atoms with Gasteiger partial charge in [-0.3, -0.25) is 4.98 Å². The second kappa shape index (κ2) is 6.93. The van der Waals surface area contributed by atoms with Crippen molar-refractivity contribution in [3.8, 4) is 17.0 Å². The third kappa shape index (κ3) is 3.22. The molecule has 4 heterocycles. The van der Waals surface area contributed by atoms with E-state index in [-0.39, 0.29) is 6.61 Å². The molecule has 0 bridgehead atoms. The molecular weight excluding hydrogens is 375 g/mol. The Labute approximate surface area is 157 Å². The highest BCUT2D eigenvalue weighted by molar-refractivity contribution is 6.34. The summed E-state index contributed by atoms with van der Waals surface area (Å²) in [5, 5.41) is 25.1. The molecular formula is C17H14ClFN6O2. The molecule has 27 heavy (non-hydrogen) atoms. The standard InChI is InChI=1S/C17H14ClFN6O2/c1-9-16(23-24-22-9)10-4-14(17-12(18)6-21-25(17)7-10)27-15(8-26)13-3-2-11(19)5-20-13/h2-7,15,26H,8H2,1H3,(H,22,23,24). The van der Waals surface area contributed by atoms with Crippen LogP contribution in [0.1, 0.15) is 17.5 Å². The van der Waals surface area contributed by atoms with E-state index in [1.807, 2.05) is 6.92 Å². The van der Waals surface area contributed by atoms with Gasteiger partial charge in [-0.05, 0) is 25.1 Å². The number of aliphatic hydroxyl groups excluding tert-OH is 1. The Balaban J connectivity index is 1.80. The molecule has 0 saturated carbocycles. The summed E-state index contributed by atoms with van der Waals surface area (Å²) in [6.45, 7) is 1.46. The van der Waals surface area contributed by atoms with E-state index in [9.17, 15) is 9.50 Å². The Kier molecular flexibility index (Phi) is 4.46. The van der Waals surface area contributed by atoms with Crippen molar-refractivity contribution >= 4 is 17.1 Å². The Morgan fingerprint density at radius 1 is 1.33 bits per heavy atom. The Morgan fingerprint density at radius 2 is 2.19 bits per heavy atom. The second-order valence-electron chi connectivity index (χ2n) is 5.83. The third-order valence-electron chi connectivity index (χ3n) is 4.04. The maximum atomic E-state index is 13.1. The number of rotatable bonds is 5. The summed E-state index contributed by atoms with van der Waals surface area (Å²) in [6, 6.07) is 4.45. The molecule has 0 aromatic carbocycles. The zero-order chi connectivity index (χ0) is 19.0. The molecule has 8 nitrogen and oxygen atoms in total. The van der Waals surface area contributed by atoms with Crippen LogP contribution in [-0.2, 0) is 0 Å². The third-order valence-corrected chi connectivity index (χ3v) is 4.32. The molecule has 4 rings (SSSR count). The lowest BCUT2D eigenvalue weighted by Gasteiger charge is -2.18. The minimum absolute atomic E-state index is 0.357. The summed E-state index contributed by atoms with van der Waals surface area (Å²) in [5.41, 5.74) is 2.95. The quantitative estimate of drug-likeness (QED) is 0.545. The van der Waals surface area contributed by atoms with E-state index in [1.165, 1.54) is 18.3 Å². The summed E-state index contributed by atoms with van der Waals surface area (Å²) in [5.74, 6) is -0.0947. The van der Waals surface area contributed by atoms with Gasteiger partial charge in [0.25, 0.3) is 0 Å². The number of hydrogen-bond acceptors (Lipinski definition) is 6. The van der Waals surface area contributed by atoms with Gasteiger partial charge in [0.1, 0.15) is 22.8 Å². The number of hydrogen-bond donors (Lipinski definition) is 2. The fourth-order valence-corrected chi connectivity index (χ4v) is 2.97. The fraction of sp³-hybridized carbons (Fsp3) is 0.176. The molecule has 138 valence electrons. The number of aromatic nitrogens is 6. The van der Waals surface area contributed by atoms with Crippen molar-refractivity contribution in [3.05, 3.63) is 59.0 Å².